The van der Waals surface area contributed by atoms with E-state index in [1.54, 1.807) is 12.1 Å². The Labute approximate surface area is 174 Å². The molecule has 1 amide bonds. The summed E-state index contributed by atoms with van der Waals surface area (Å²) in [6, 6.07) is 13.4. The molecule has 1 aliphatic heterocycles. The van der Waals surface area contributed by atoms with Gasteiger partial charge in [-0.2, -0.15) is 0 Å². The van der Waals surface area contributed by atoms with E-state index in [1.807, 2.05) is 18.2 Å². The molecule has 1 saturated heterocycles. The molecule has 1 aromatic heterocycles. The Morgan fingerprint density at radius 1 is 1.21 bits per heavy atom. The molecular formula is C22H25N3O3S. The molecule has 0 radical (unpaired) electrons. The number of amides is 1. The molecule has 1 fully saturated rings. The molecule has 2 heterocycles. The zero-order valence-corrected chi connectivity index (χ0v) is 17.3. The maximum absolute atomic E-state index is 12.6. The molecule has 0 aliphatic carbocycles. The average Bonchev–Trinajstić information content (AvgIpc) is 3.16. The molecule has 152 valence electrons. The molecule has 2 aromatic carbocycles. The lowest BCUT2D eigenvalue weighted by Crippen LogP contribution is -2.36. The molecule has 4 rings (SSSR count). The molecule has 0 atom stereocenters. The van der Waals surface area contributed by atoms with Crippen molar-refractivity contribution in [2.24, 2.45) is 0 Å². The van der Waals surface area contributed by atoms with Crippen LogP contribution in [0.4, 0.5) is 10.8 Å². The zero-order valence-electron chi connectivity index (χ0n) is 16.5. The van der Waals surface area contributed by atoms with Crippen LogP contribution in [0.3, 0.4) is 0 Å². The van der Waals surface area contributed by atoms with Gasteiger partial charge >= 0.3 is 0 Å². The van der Waals surface area contributed by atoms with E-state index in [0.29, 0.717) is 17.3 Å². The van der Waals surface area contributed by atoms with Crippen LogP contribution in [0, 0.1) is 0 Å². The summed E-state index contributed by atoms with van der Waals surface area (Å²) >= 11 is 1.49. The van der Waals surface area contributed by atoms with Crippen LogP contribution in [-0.4, -0.2) is 43.8 Å². The largest absolute Gasteiger partial charge is 0.494 e. The van der Waals surface area contributed by atoms with Gasteiger partial charge in [-0.15, -0.1) is 0 Å². The van der Waals surface area contributed by atoms with E-state index in [2.05, 4.69) is 34.3 Å². The molecule has 7 heteroatoms. The average molecular weight is 412 g/mol. The molecule has 6 nitrogen and oxygen atoms in total. The Hall–Kier alpha value is -2.64. The maximum Gasteiger partial charge on any atom is 0.257 e. The second kappa shape index (κ2) is 9.24. The van der Waals surface area contributed by atoms with E-state index in [0.717, 1.165) is 55.1 Å². The zero-order chi connectivity index (χ0) is 20.1. The fraction of sp³-hybridized carbons (Fsp3) is 0.364. The third-order valence-electron chi connectivity index (χ3n) is 4.85. The Kier molecular flexibility index (Phi) is 6.27. The number of nitrogens with zero attached hydrogens (tertiary/aromatic N) is 2. The number of benzene rings is 2. The number of carbonyl (C=O) groups excluding carboxylic acids is 1. The van der Waals surface area contributed by atoms with Crippen molar-refractivity contribution in [3.8, 4) is 5.75 Å². The lowest BCUT2D eigenvalue weighted by molar-refractivity contribution is 0.102. The Morgan fingerprint density at radius 2 is 2.00 bits per heavy atom. The molecule has 1 aliphatic rings. The smallest absolute Gasteiger partial charge is 0.257 e. The van der Waals surface area contributed by atoms with Gasteiger partial charge in [0.15, 0.2) is 5.13 Å². The van der Waals surface area contributed by atoms with E-state index in [1.165, 1.54) is 17.0 Å². The molecule has 29 heavy (non-hydrogen) atoms. The SMILES string of the molecule is CCCCOc1ccc(C(=O)Nc2nc3ccc(N4CCOCC4)cc3s2)cc1. The first-order valence-corrected chi connectivity index (χ1v) is 10.8. The molecule has 0 spiro atoms. The first-order chi connectivity index (χ1) is 14.2. The van der Waals surface area contributed by atoms with Crippen molar-refractivity contribution < 1.29 is 14.3 Å². The number of nitrogens with one attached hydrogen (secondary N) is 1. The van der Waals surface area contributed by atoms with E-state index in [9.17, 15) is 4.79 Å². The lowest BCUT2D eigenvalue weighted by atomic mass is 10.2. The monoisotopic (exact) mass is 411 g/mol. The molecule has 0 unspecified atom stereocenters. The van der Waals surface area contributed by atoms with Gasteiger partial charge in [-0.3, -0.25) is 10.1 Å². The van der Waals surface area contributed by atoms with Crippen molar-refractivity contribution in [2.45, 2.75) is 19.8 Å². The normalized spacial score (nSPS) is 14.2. The minimum absolute atomic E-state index is 0.169. The van der Waals surface area contributed by atoms with Crippen LogP contribution in [0.5, 0.6) is 5.75 Å². The number of rotatable bonds is 7. The Bertz CT molecular complexity index is 965. The van der Waals surface area contributed by atoms with Crippen LogP contribution in [0.25, 0.3) is 10.2 Å². The number of aromatic nitrogens is 1. The van der Waals surface area contributed by atoms with Gasteiger partial charge in [0.2, 0.25) is 0 Å². The standard InChI is InChI=1S/C22H25N3O3S/c1-2-3-12-28-18-7-4-16(5-8-18)21(26)24-22-23-19-9-6-17(15-20(19)29-22)25-10-13-27-14-11-25/h4-9,15H,2-3,10-14H2,1H3,(H,23,24,26). The quantitative estimate of drug-likeness (QED) is 0.577. The minimum Gasteiger partial charge on any atom is -0.494 e. The third-order valence-corrected chi connectivity index (χ3v) is 5.79. The Balaban J connectivity index is 1.42. The Morgan fingerprint density at radius 3 is 2.76 bits per heavy atom. The van der Waals surface area contributed by atoms with Crippen molar-refractivity contribution in [3.05, 3.63) is 48.0 Å². The fourth-order valence-electron chi connectivity index (χ4n) is 3.19. The van der Waals surface area contributed by atoms with Crippen molar-refractivity contribution in [2.75, 3.05) is 43.1 Å². The van der Waals surface area contributed by atoms with E-state index < -0.39 is 0 Å². The van der Waals surface area contributed by atoms with Crippen LogP contribution in [-0.2, 0) is 4.74 Å². The van der Waals surface area contributed by atoms with Gasteiger partial charge in [0.1, 0.15) is 5.75 Å². The summed E-state index contributed by atoms with van der Waals surface area (Å²) in [5.41, 5.74) is 2.64. The number of anilines is 2. The lowest BCUT2D eigenvalue weighted by Gasteiger charge is -2.28. The topological polar surface area (TPSA) is 63.7 Å². The first kappa shape index (κ1) is 19.7. The number of carbonyl (C=O) groups is 1. The van der Waals surface area contributed by atoms with Crippen LogP contribution in [0.15, 0.2) is 42.5 Å². The highest BCUT2D eigenvalue weighted by Crippen LogP contribution is 2.30. The van der Waals surface area contributed by atoms with Crippen LogP contribution in [0.2, 0.25) is 0 Å². The van der Waals surface area contributed by atoms with Crippen molar-refractivity contribution in [1.82, 2.24) is 4.98 Å². The second-order valence-corrected chi connectivity index (χ2v) is 7.98. The van der Waals surface area contributed by atoms with Gasteiger partial charge in [0.25, 0.3) is 5.91 Å². The second-order valence-electron chi connectivity index (χ2n) is 6.95. The number of hydrogen-bond donors (Lipinski definition) is 1. The molecular weight excluding hydrogens is 386 g/mol. The number of morpholine rings is 1. The number of thiazole rings is 1. The maximum atomic E-state index is 12.6. The summed E-state index contributed by atoms with van der Waals surface area (Å²) in [7, 11) is 0. The summed E-state index contributed by atoms with van der Waals surface area (Å²) in [6.07, 6.45) is 2.11. The van der Waals surface area contributed by atoms with E-state index in [4.69, 9.17) is 9.47 Å². The van der Waals surface area contributed by atoms with Crippen molar-refractivity contribution in [1.29, 1.82) is 0 Å². The summed E-state index contributed by atoms with van der Waals surface area (Å²) in [5, 5.41) is 3.52. The molecule has 0 saturated carbocycles. The van der Waals surface area contributed by atoms with E-state index in [-0.39, 0.29) is 5.91 Å². The van der Waals surface area contributed by atoms with Gasteiger partial charge in [-0.25, -0.2) is 4.98 Å². The van der Waals surface area contributed by atoms with E-state index >= 15 is 0 Å². The predicted octanol–water partition coefficient (Wildman–Crippen LogP) is 4.56. The third kappa shape index (κ3) is 4.86. The fourth-order valence-corrected chi connectivity index (χ4v) is 4.09. The predicted molar refractivity (Wildman–Crippen MR) is 117 cm³/mol. The summed E-state index contributed by atoms with van der Waals surface area (Å²) in [5.74, 6) is 0.614. The molecule has 3 aromatic rings. The van der Waals surface area contributed by atoms with Crippen molar-refractivity contribution >= 4 is 38.3 Å². The van der Waals surface area contributed by atoms with Gasteiger partial charge < -0.3 is 14.4 Å². The minimum atomic E-state index is -0.169. The van der Waals surface area contributed by atoms with Crippen molar-refractivity contribution in [3.63, 3.8) is 0 Å². The summed E-state index contributed by atoms with van der Waals surface area (Å²) in [6.45, 7) is 6.12. The number of unbranched alkanes of at least 4 members (excludes halogenated alkanes) is 1. The highest BCUT2D eigenvalue weighted by Gasteiger charge is 2.14. The van der Waals surface area contributed by atoms with Crippen LogP contribution < -0.4 is 15.0 Å². The summed E-state index contributed by atoms with van der Waals surface area (Å²) in [4.78, 5) is 19.4. The number of hydrogen-bond acceptors (Lipinski definition) is 6. The van der Waals surface area contributed by atoms with Gasteiger partial charge in [-0.1, -0.05) is 24.7 Å². The van der Waals surface area contributed by atoms with Crippen LogP contribution in [0.1, 0.15) is 30.1 Å². The summed E-state index contributed by atoms with van der Waals surface area (Å²) < 4.78 is 12.1. The molecule has 1 N–H and O–H groups in total. The highest BCUT2D eigenvalue weighted by molar-refractivity contribution is 7.22. The first-order valence-electron chi connectivity index (χ1n) is 10.0. The highest BCUT2D eigenvalue weighted by atomic mass is 32.1. The number of fused-ring (bicyclic) bond motifs is 1. The van der Waals surface area contributed by atoms with Gasteiger partial charge in [0.05, 0.1) is 30.0 Å². The van der Waals surface area contributed by atoms with Gasteiger partial charge in [-0.05, 0) is 48.9 Å². The number of ether oxygens (including phenoxy) is 2. The van der Waals surface area contributed by atoms with Gasteiger partial charge in [0, 0.05) is 24.3 Å². The van der Waals surface area contributed by atoms with Crippen LogP contribution >= 0.6 is 11.3 Å². The molecule has 0 bridgehead atoms.